The van der Waals surface area contributed by atoms with Crippen LogP contribution in [0, 0.1) is 0 Å². The fourth-order valence-corrected chi connectivity index (χ4v) is 3.94. The Kier molecular flexibility index (Phi) is 12.7. The molecule has 8 nitrogen and oxygen atoms in total. The van der Waals surface area contributed by atoms with Gasteiger partial charge in [-0.25, -0.2) is 14.6 Å². The van der Waals surface area contributed by atoms with Crippen LogP contribution in [0.25, 0.3) is 0 Å². The number of nitrogens with zero attached hydrogens (tertiary/aromatic N) is 4. The molecule has 0 aromatic carbocycles. The Morgan fingerprint density at radius 3 is 2.03 bits per heavy atom. The SMILES string of the molecule is CCC(O)[N+](C)(C)CCCCCCCCCC[N+](C)(C)C(=O)c1ncccc1OC(=O)N(C)C. The number of quaternary nitrogens is 2. The summed E-state index contributed by atoms with van der Waals surface area (Å²) in [6, 6.07) is 3.26. The van der Waals surface area contributed by atoms with Crippen molar-refractivity contribution in [2.45, 2.75) is 70.9 Å². The third-order valence-corrected chi connectivity index (χ3v) is 6.46. The van der Waals surface area contributed by atoms with Gasteiger partial charge < -0.3 is 19.2 Å². The number of pyridine rings is 1. The molecular weight excluding hydrogens is 432 g/mol. The van der Waals surface area contributed by atoms with Gasteiger partial charge in [-0.15, -0.1) is 0 Å². The van der Waals surface area contributed by atoms with Crippen molar-refractivity contribution in [2.75, 3.05) is 55.4 Å². The maximum Gasteiger partial charge on any atom is 0.414 e. The third-order valence-electron chi connectivity index (χ3n) is 6.46. The van der Waals surface area contributed by atoms with E-state index in [2.05, 4.69) is 19.1 Å². The van der Waals surface area contributed by atoms with Crippen LogP contribution in [0.5, 0.6) is 5.75 Å². The second-order valence-corrected chi connectivity index (χ2v) is 10.5. The van der Waals surface area contributed by atoms with Crippen LogP contribution in [-0.2, 0) is 0 Å². The molecule has 2 amide bonds. The van der Waals surface area contributed by atoms with E-state index >= 15 is 0 Å². The quantitative estimate of drug-likeness (QED) is 0.230. The summed E-state index contributed by atoms with van der Waals surface area (Å²) in [5.74, 6) is 0.0421. The highest BCUT2D eigenvalue weighted by atomic mass is 16.6. The van der Waals surface area contributed by atoms with Crippen molar-refractivity contribution in [3.8, 4) is 5.75 Å². The van der Waals surface area contributed by atoms with Gasteiger partial charge in [-0.2, -0.15) is 0 Å². The van der Waals surface area contributed by atoms with Crippen molar-refractivity contribution in [3.05, 3.63) is 24.0 Å². The third kappa shape index (κ3) is 10.1. The standard InChI is InChI=1S/C26H48N4O4/c1-8-23(31)29(4,5)20-15-13-11-9-10-12-14-16-21-30(6,7)25(32)24-22(18-17-19-27-24)34-26(33)28(2)3/h17-19,23,31H,8-16,20-21H2,1-7H3/q+2. The molecule has 1 aromatic heterocycles. The first-order valence-corrected chi connectivity index (χ1v) is 12.6. The molecule has 1 unspecified atom stereocenters. The van der Waals surface area contributed by atoms with E-state index in [1.165, 1.54) is 37.0 Å². The number of rotatable bonds is 15. The lowest BCUT2D eigenvalue weighted by Gasteiger charge is -2.34. The molecule has 0 saturated heterocycles. The van der Waals surface area contributed by atoms with E-state index in [1.807, 2.05) is 21.0 Å². The maximum absolute atomic E-state index is 13.1. The second kappa shape index (κ2) is 14.4. The lowest BCUT2D eigenvalue weighted by molar-refractivity contribution is -0.937. The number of aromatic nitrogens is 1. The van der Waals surface area contributed by atoms with Gasteiger partial charge in [-0.3, -0.25) is 4.48 Å². The predicted octanol–water partition coefficient (Wildman–Crippen LogP) is 4.28. The smallest absolute Gasteiger partial charge is 0.407 e. The normalized spacial score (nSPS) is 12.9. The van der Waals surface area contributed by atoms with Gasteiger partial charge in [-0.1, -0.05) is 32.6 Å². The Labute approximate surface area is 206 Å². The molecule has 0 radical (unpaired) electrons. The van der Waals surface area contributed by atoms with Gasteiger partial charge in [0.05, 0.1) is 41.3 Å². The molecule has 0 fully saturated rings. The minimum Gasteiger partial charge on any atom is -0.407 e. The van der Waals surface area contributed by atoms with Gasteiger partial charge in [0.1, 0.15) is 0 Å². The summed E-state index contributed by atoms with van der Waals surface area (Å²) in [5.41, 5.74) is 0.191. The summed E-state index contributed by atoms with van der Waals surface area (Å²) in [4.78, 5) is 30.6. The zero-order valence-electron chi connectivity index (χ0n) is 22.5. The molecule has 0 saturated carbocycles. The first kappa shape index (κ1) is 30.0. The van der Waals surface area contributed by atoms with Gasteiger partial charge in [0, 0.05) is 26.7 Å². The molecule has 194 valence electrons. The van der Waals surface area contributed by atoms with Gasteiger partial charge >= 0.3 is 12.0 Å². The number of unbranched alkanes of at least 4 members (excludes halogenated alkanes) is 7. The van der Waals surface area contributed by atoms with Crippen LogP contribution < -0.4 is 4.74 Å². The van der Waals surface area contributed by atoms with Gasteiger partial charge in [-0.05, 0) is 37.8 Å². The largest absolute Gasteiger partial charge is 0.414 e. The van der Waals surface area contributed by atoms with E-state index < -0.39 is 6.09 Å². The molecule has 1 N–H and O–H groups in total. The van der Waals surface area contributed by atoms with Crippen molar-refractivity contribution in [1.82, 2.24) is 9.88 Å². The lowest BCUT2D eigenvalue weighted by Crippen LogP contribution is -2.49. The maximum atomic E-state index is 13.1. The average molecular weight is 481 g/mol. The monoisotopic (exact) mass is 480 g/mol. The summed E-state index contributed by atoms with van der Waals surface area (Å²) in [5, 5.41) is 10.1. The number of carbonyl (C=O) groups is 2. The number of ether oxygens (including phenoxy) is 1. The Bertz CT molecular complexity index is 765. The number of hydrogen-bond acceptors (Lipinski definition) is 5. The molecule has 0 aliphatic rings. The van der Waals surface area contributed by atoms with Crippen molar-refractivity contribution < 1.29 is 28.4 Å². The minimum atomic E-state index is -0.534. The molecule has 1 aromatic rings. The number of aliphatic hydroxyl groups is 1. The summed E-state index contributed by atoms with van der Waals surface area (Å²) < 4.78 is 6.19. The van der Waals surface area contributed by atoms with Crippen LogP contribution in [0.4, 0.5) is 4.79 Å². The molecule has 0 aliphatic carbocycles. The number of aliphatic hydroxyl groups excluding tert-OH is 1. The molecule has 1 heterocycles. The van der Waals surface area contributed by atoms with E-state index in [4.69, 9.17) is 4.74 Å². The zero-order valence-corrected chi connectivity index (χ0v) is 22.5. The van der Waals surface area contributed by atoms with E-state index in [0.29, 0.717) is 11.0 Å². The molecule has 0 aliphatic heterocycles. The molecular formula is C26H48N4O4+2. The summed E-state index contributed by atoms with van der Waals surface area (Å²) >= 11 is 0. The van der Waals surface area contributed by atoms with Gasteiger partial charge in [0.15, 0.2) is 12.0 Å². The Hall–Kier alpha value is -2.03. The summed E-state index contributed by atoms with van der Waals surface area (Å²) in [6.45, 7) is 3.75. The van der Waals surface area contributed by atoms with Crippen molar-refractivity contribution in [3.63, 3.8) is 0 Å². The van der Waals surface area contributed by atoms with Crippen LogP contribution >= 0.6 is 0 Å². The fraction of sp³-hybridized carbons (Fsp3) is 0.731. The molecule has 34 heavy (non-hydrogen) atoms. The molecule has 0 spiro atoms. The zero-order chi connectivity index (χ0) is 25.8. The van der Waals surface area contributed by atoms with Crippen LogP contribution in [0.3, 0.4) is 0 Å². The van der Waals surface area contributed by atoms with Crippen LogP contribution in [0.2, 0.25) is 0 Å². The topological polar surface area (TPSA) is 79.7 Å². The number of carbonyl (C=O) groups excluding carboxylic acids is 2. The van der Waals surface area contributed by atoms with E-state index in [-0.39, 0.29) is 28.1 Å². The highest BCUT2D eigenvalue weighted by molar-refractivity contribution is 5.90. The Morgan fingerprint density at radius 2 is 1.50 bits per heavy atom. The summed E-state index contributed by atoms with van der Waals surface area (Å²) in [6.07, 6.45) is 10.8. The highest BCUT2D eigenvalue weighted by Gasteiger charge is 2.32. The molecule has 1 rings (SSSR count). The predicted molar refractivity (Wildman–Crippen MR) is 135 cm³/mol. The first-order valence-electron chi connectivity index (χ1n) is 12.6. The van der Waals surface area contributed by atoms with Crippen molar-refractivity contribution >= 4 is 12.0 Å². The van der Waals surface area contributed by atoms with Crippen molar-refractivity contribution in [1.29, 1.82) is 0 Å². The number of amides is 2. The average Bonchev–Trinajstić information content (AvgIpc) is 2.79. The second-order valence-electron chi connectivity index (χ2n) is 10.5. The fourth-order valence-electron chi connectivity index (χ4n) is 3.94. The Morgan fingerprint density at radius 1 is 0.971 bits per heavy atom. The Balaban J connectivity index is 2.33. The molecule has 1 atom stereocenters. The van der Waals surface area contributed by atoms with Crippen LogP contribution in [0.15, 0.2) is 18.3 Å². The van der Waals surface area contributed by atoms with Crippen LogP contribution in [0.1, 0.15) is 75.2 Å². The highest BCUT2D eigenvalue weighted by Crippen LogP contribution is 2.21. The van der Waals surface area contributed by atoms with E-state index in [9.17, 15) is 14.7 Å². The number of hydrogen-bond donors (Lipinski definition) is 1. The minimum absolute atomic E-state index is 0.156. The van der Waals surface area contributed by atoms with Crippen LogP contribution in [-0.4, -0.2) is 97.6 Å². The van der Waals surface area contributed by atoms with E-state index in [1.54, 1.807) is 32.4 Å². The molecule has 0 bridgehead atoms. The molecule has 8 heteroatoms. The summed E-state index contributed by atoms with van der Waals surface area (Å²) in [7, 11) is 11.2. The first-order chi connectivity index (χ1) is 15.9. The van der Waals surface area contributed by atoms with Gasteiger partial charge in [0.25, 0.3) is 0 Å². The lowest BCUT2D eigenvalue weighted by atomic mass is 10.1. The van der Waals surface area contributed by atoms with Gasteiger partial charge in [0.2, 0.25) is 5.69 Å². The van der Waals surface area contributed by atoms with E-state index in [0.717, 1.165) is 32.2 Å². The van der Waals surface area contributed by atoms with Crippen molar-refractivity contribution in [2.24, 2.45) is 0 Å².